The molecule has 0 saturated heterocycles. The molecule has 0 amide bonds. The van der Waals surface area contributed by atoms with Crippen molar-refractivity contribution in [2.45, 2.75) is 26.5 Å². The van der Waals surface area contributed by atoms with E-state index >= 15 is 0 Å². The van der Waals surface area contributed by atoms with E-state index < -0.39 is 10.0 Å². The van der Waals surface area contributed by atoms with Crippen LogP contribution in [0.15, 0.2) is 30.3 Å². The van der Waals surface area contributed by atoms with Crippen molar-refractivity contribution < 1.29 is 8.42 Å². The van der Waals surface area contributed by atoms with E-state index in [1.807, 2.05) is 51.1 Å². The molecule has 1 aromatic heterocycles. The Morgan fingerprint density at radius 3 is 2.40 bits per heavy atom. The van der Waals surface area contributed by atoms with Gasteiger partial charge in [-0.05, 0) is 26.3 Å². The van der Waals surface area contributed by atoms with Gasteiger partial charge in [-0.2, -0.15) is 4.98 Å². The van der Waals surface area contributed by atoms with Gasteiger partial charge in [-0.15, -0.1) is 0 Å². The minimum atomic E-state index is -3.37. The molecule has 0 aliphatic heterocycles. The first-order chi connectivity index (χ1) is 11.9. The molecule has 8 heteroatoms. The lowest BCUT2D eigenvalue weighted by atomic mass is 10.2. The Balaban J connectivity index is 1.82. The van der Waals surface area contributed by atoms with Crippen LogP contribution in [0.4, 0.5) is 11.8 Å². The minimum Gasteiger partial charge on any atom is -0.370 e. The number of sulfonamides is 1. The molecule has 0 bridgehead atoms. The van der Waals surface area contributed by atoms with E-state index in [2.05, 4.69) is 25.3 Å². The zero-order valence-electron chi connectivity index (χ0n) is 14.8. The van der Waals surface area contributed by atoms with E-state index in [1.165, 1.54) is 0 Å². The molecule has 2 aromatic rings. The van der Waals surface area contributed by atoms with Crippen LogP contribution in [0, 0.1) is 13.8 Å². The Hall–Kier alpha value is -2.19. The second-order valence-electron chi connectivity index (χ2n) is 5.81. The van der Waals surface area contributed by atoms with Crippen LogP contribution in [0.3, 0.4) is 0 Å². The smallest absolute Gasteiger partial charge is 0.224 e. The summed E-state index contributed by atoms with van der Waals surface area (Å²) in [5, 5.41) is 6.17. The van der Waals surface area contributed by atoms with E-state index in [4.69, 9.17) is 0 Å². The fraction of sp³-hybridized carbons (Fsp3) is 0.412. The number of hydrogen-bond acceptors (Lipinski definition) is 6. The van der Waals surface area contributed by atoms with Crippen LogP contribution in [-0.2, 0) is 15.8 Å². The van der Waals surface area contributed by atoms with Crippen LogP contribution in [0.2, 0.25) is 0 Å². The van der Waals surface area contributed by atoms with Crippen LogP contribution in [-0.4, -0.2) is 38.0 Å². The number of aryl methyl sites for hydroxylation is 2. The first-order valence-electron chi connectivity index (χ1n) is 8.24. The summed E-state index contributed by atoms with van der Waals surface area (Å²) in [5.74, 6) is 1.20. The van der Waals surface area contributed by atoms with E-state index in [0.717, 1.165) is 29.2 Å². The molecule has 2 rings (SSSR count). The number of nitrogens with zero attached hydrogens (tertiary/aromatic N) is 2. The summed E-state index contributed by atoms with van der Waals surface area (Å²) < 4.78 is 26.8. The molecule has 7 nitrogen and oxygen atoms in total. The fourth-order valence-corrected chi connectivity index (χ4v) is 3.40. The van der Waals surface area contributed by atoms with Crippen LogP contribution >= 0.6 is 0 Å². The normalized spacial score (nSPS) is 11.3. The number of benzene rings is 1. The van der Waals surface area contributed by atoms with Crippen molar-refractivity contribution in [3.8, 4) is 0 Å². The van der Waals surface area contributed by atoms with Crippen molar-refractivity contribution in [1.82, 2.24) is 14.7 Å². The molecule has 0 atom stereocenters. The SMILES string of the molecule is CCNc1cc(C)nc(NCCNS(=O)(=O)Cc2ccc(C)cc2)n1. The number of hydrogen-bond donors (Lipinski definition) is 3. The molecular formula is C17H25N5O2S. The van der Waals surface area contributed by atoms with Crippen LogP contribution in [0.5, 0.6) is 0 Å². The largest absolute Gasteiger partial charge is 0.370 e. The maximum absolute atomic E-state index is 12.1. The Morgan fingerprint density at radius 2 is 1.72 bits per heavy atom. The summed E-state index contributed by atoms with van der Waals surface area (Å²) in [4.78, 5) is 8.61. The second-order valence-corrected chi connectivity index (χ2v) is 7.62. The van der Waals surface area contributed by atoms with Crippen LogP contribution in [0.1, 0.15) is 23.7 Å². The monoisotopic (exact) mass is 363 g/mol. The summed E-state index contributed by atoms with van der Waals surface area (Å²) >= 11 is 0. The van der Waals surface area contributed by atoms with E-state index in [0.29, 0.717) is 12.5 Å². The standard InChI is InChI=1S/C17H25N5O2S/c1-4-18-16-11-14(3)21-17(22-16)19-9-10-20-25(23,24)12-15-7-5-13(2)6-8-15/h5-8,11,20H,4,9-10,12H2,1-3H3,(H2,18,19,21,22). The highest BCUT2D eigenvalue weighted by atomic mass is 32.2. The van der Waals surface area contributed by atoms with Gasteiger partial charge in [-0.1, -0.05) is 29.8 Å². The van der Waals surface area contributed by atoms with Crippen molar-refractivity contribution in [1.29, 1.82) is 0 Å². The molecule has 0 spiro atoms. The first kappa shape index (κ1) is 19.1. The van der Waals surface area contributed by atoms with E-state index in [9.17, 15) is 8.42 Å². The molecule has 0 unspecified atom stereocenters. The lowest BCUT2D eigenvalue weighted by Crippen LogP contribution is -2.30. The zero-order valence-corrected chi connectivity index (χ0v) is 15.7. The van der Waals surface area contributed by atoms with Gasteiger partial charge >= 0.3 is 0 Å². The minimum absolute atomic E-state index is 0.0290. The Bertz CT molecular complexity index is 791. The third-order valence-corrected chi connectivity index (χ3v) is 4.78. The van der Waals surface area contributed by atoms with Crippen LogP contribution in [0.25, 0.3) is 0 Å². The third kappa shape index (κ3) is 6.67. The predicted octanol–water partition coefficient (Wildman–Crippen LogP) is 2.06. The Kier molecular flexibility index (Phi) is 6.72. The van der Waals surface area contributed by atoms with Crippen molar-refractivity contribution in [2.24, 2.45) is 0 Å². The van der Waals surface area contributed by atoms with Gasteiger partial charge in [-0.3, -0.25) is 0 Å². The molecule has 1 heterocycles. The van der Waals surface area contributed by atoms with Gasteiger partial charge in [0.2, 0.25) is 16.0 Å². The van der Waals surface area contributed by atoms with Crippen molar-refractivity contribution in [3.05, 3.63) is 47.2 Å². The lowest BCUT2D eigenvalue weighted by molar-refractivity contribution is 0.582. The van der Waals surface area contributed by atoms with Gasteiger partial charge in [0, 0.05) is 31.4 Å². The van der Waals surface area contributed by atoms with Gasteiger partial charge < -0.3 is 10.6 Å². The number of rotatable bonds is 9. The molecular weight excluding hydrogens is 338 g/mol. The molecule has 0 radical (unpaired) electrons. The highest BCUT2D eigenvalue weighted by Gasteiger charge is 2.10. The predicted molar refractivity (Wildman–Crippen MR) is 101 cm³/mol. The van der Waals surface area contributed by atoms with E-state index in [-0.39, 0.29) is 12.3 Å². The molecule has 0 fully saturated rings. The van der Waals surface area contributed by atoms with E-state index in [1.54, 1.807) is 0 Å². The molecule has 0 aliphatic rings. The Labute approximate surface area is 149 Å². The number of nitrogens with one attached hydrogen (secondary N) is 3. The lowest BCUT2D eigenvalue weighted by Gasteiger charge is -2.10. The average Bonchev–Trinajstić information content (AvgIpc) is 2.53. The maximum atomic E-state index is 12.1. The fourth-order valence-electron chi connectivity index (χ4n) is 2.25. The van der Waals surface area contributed by atoms with Crippen molar-refractivity contribution in [3.63, 3.8) is 0 Å². The number of anilines is 2. The second kappa shape index (κ2) is 8.77. The summed E-state index contributed by atoms with van der Waals surface area (Å²) in [5.41, 5.74) is 2.71. The topological polar surface area (TPSA) is 96.0 Å². The quantitative estimate of drug-likeness (QED) is 0.590. The third-order valence-electron chi connectivity index (χ3n) is 3.42. The molecule has 0 saturated carbocycles. The van der Waals surface area contributed by atoms with Crippen LogP contribution < -0.4 is 15.4 Å². The summed E-state index contributed by atoms with van der Waals surface area (Å²) in [6.07, 6.45) is 0. The average molecular weight is 363 g/mol. The van der Waals surface area contributed by atoms with Gasteiger partial charge in [0.1, 0.15) is 5.82 Å². The molecule has 3 N–H and O–H groups in total. The molecule has 25 heavy (non-hydrogen) atoms. The maximum Gasteiger partial charge on any atom is 0.224 e. The van der Waals surface area contributed by atoms with Gasteiger partial charge in [0.25, 0.3) is 0 Å². The van der Waals surface area contributed by atoms with Gasteiger partial charge in [-0.25, -0.2) is 18.1 Å². The van der Waals surface area contributed by atoms with Gasteiger partial charge in [0.15, 0.2) is 0 Å². The molecule has 0 aliphatic carbocycles. The highest BCUT2D eigenvalue weighted by Crippen LogP contribution is 2.09. The Morgan fingerprint density at radius 1 is 1.00 bits per heavy atom. The zero-order chi connectivity index (χ0) is 18.3. The summed E-state index contributed by atoms with van der Waals surface area (Å²) in [6, 6.07) is 9.33. The first-order valence-corrected chi connectivity index (χ1v) is 9.89. The van der Waals surface area contributed by atoms with Crippen molar-refractivity contribution in [2.75, 3.05) is 30.3 Å². The highest BCUT2D eigenvalue weighted by molar-refractivity contribution is 7.88. The van der Waals surface area contributed by atoms with Gasteiger partial charge in [0.05, 0.1) is 5.75 Å². The molecule has 136 valence electrons. The summed E-state index contributed by atoms with van der Waals surface area (Å²) in [6.45, 7) is 7.29. The molecule has 1 aromatic carbocycles. The summed E-state index contributed by atoms with van der Waals surface area (Å²) in [7, 11) is -3.37. The van der Waals surface area contributed by atoms with Crippen molar-refractivity contribution >= 4 is 21.8 Å². The number of aromatic nitrogens is 2.